The lowest BCUT2D eigenvalue weighted by molar-refractivity contribution is -0.133. The quantitative estimate of drug-likeness (QED) is 0.918. The van der Waals surface area contributed by atoms with Gasteiger partial charge in [-0.1, -0.05) is 35.9 Å². The number of aliphatic hydroxyl groups is 1. The van der Waals surface area contributed by atoms with Gasteiger partial charge in [0.2, 0.25) is 5.91 Å². The minimum absolute atomic E-state index is 0.00892. The molecule has 1 amide bonds. The lowest BCUT2D eigenvalue weighted by atomic mass is 9.89. The van der Waals surface area contributed by atoms with Crippen molar-refractivity contribution in [3.8, 4) is 6.07 Å². The van der Waals surface area contributed by atoms with Crippen LogP contribution in [0.5, 0.6) is 0 Å². The maximum absolute atomic E-state index is 12.9. The number of nitrogens with zero attached hydrogens (tertiary/aromatic N) is 2. The highest BCUT2D eigenvalue weighted by Gasteiger charge is 2.29. The SMILES string of the molecule is C[C@H]1c2cccc(CO)c2CCN1C(=O)Cc1c(Cl)cccc1C#N. The van der Waals surface area contributed by atoms with E-state index in [2.05, 4.69) is 6.07 Å². The molecule has 1 N–H and O–H groups in total. The third kappa shape index (κ3) is 3.26. The molecule has 1 heterocycles. The second-order valence-electron chi connectivity index (χ2n) is 6.21. The van der Waals surface area contributed by atoms with Gasteiger partial charge in [0.05, 0.1) is 30.7 Å². The van der Waals surface area contributed by atoms with Crippen LogP contribution >= 0.6 is 11.6 Å². The summed E-state index contributed by atoms with van der Waals surface area (Å²) in [6, 6.07) is 13.0. The number of aliphatic hydroxyl groups excluding tert-OH is 1. The fraction of sp³-hybridized carbons (Fsp3) is 0.300. The van der Waals surface area contributed by atoms with Crippen LogP contribution in [0.25, 0.3) is 0 Å². The number of carbonyl (C=O) groups excluding carboxylic acids is 1. The summed E-state index contributed by atoms with van der Waals surface area (Å²) in [4.78, 5) is 14.7. The topological polar surface area (TPSA) is 64.3 Å². The molecule has 0 saturated heterocycles. The summed E-state index contributed by atoms with van der Waals surface area (Å²) in [5.74, 6) is -0.0443. The third-order valence-electron chi connectivity index (χ3n) is 4.89. The molecule has 0 saturated carbocycles. The zero-order chi connectivity index (χ0) is 18.0. The lowest BCUT2D eigenvalue weighted by Crippen LogP contribution is -2.40. The Balaban J connectivity index is 1.86. The smallest absolute Gasteiger partial charge is 0.227 e. The Morgan fingerprint density at radius 3 is 2.84 bits per heavy atom. The molecule has 4 nitrogen and oxygen atoms in total. The number of hydrogen-bond donors (Lipinski definition) is 1. The zero-order valence-electron chi connectivity index (χ0n) is 14.0. The summed E-state index contributed by atoms with van der Waals surface area (Å²) in [6.45, 7) is 2.60. The van der Waals surface area contributed by atoms with E-state index in [1.54, 1.807) is 18.2 Å². The molecule has 0 bridgehead atoms. The highest BCUT2D eigenvalue weighted by Crippen LogP contribution is 2.32. The predicted octanol–water partition coefficient (Wildman–Crippen LogP) is 3.39. The van der Waals surface area contributed by atoms with Crippen LogP contribution < -0.4 is 0 Å². The van der Waals surface area contributed by atoms with Crippen molar-refractivity contribution in [2.75, 3.05) is 6.54 Å². The third-order valence-corrected chi connectivity index (χ3v) is 5.24. The molecule has 5 heteroatoms. The van der Waals surface area contributed by atoms with Crippen LogP contribution in [0.2, 0.25) is 5.02 Å². The van der Waals surface area contributed by atoms with Crippen molar-refractivity contribution in [1.82, 2.24) is 4.90 Å². The number of carbonyl (C=O) groups is 1. The molecule has 1 aliphatic heterocycles. The van der Waals surface area contributed by atoms with Gasteiger partial charge in [-0.15, -0.1) is 0 Å². The molecule has 1 aliphatic rings. The first kappa shape index (κ1) is 17.5. The van der Waals surface area contributed by atoms with Crippen molar-refractivity contribution in [2.24, 2.45) is 0 Å². The molecule has 0 spiro atoms. The van der Waals surface area contributed by atoms with Gasteiger partial charge in [0, 0.05) is 11.6 Å². The van der Waals surface area contributed by atoms with Crippen LogP contribution in [0.1, 0.15) is 40.8 Å². The molecule has 25 heavy (non-hydrogen) atoms. The Bertz CT molecular complexity index is 857. The molecule has 0 aliphatic carbocycles. The zero-order valence-corrected chi connectivity index (χ0v) is 14.8. The second-order valence-corrected chi connectivity index (χ2v) is 6.62. The molecular weight excluding hydrogens is 336 g/mol. The molecular formula is C20H19ClN2O2. The van der Waals surface area contributed by atoms with E-state index in [0.29, 0.717) is 22.7 Å². The van der Waals surface area contributed by atoms with Gasteiger partial charge in [0.15, 0.2) is 0 Å². The standard InChI is InChI=1S/C20H19ClN2O2/c1-13-16-6-2-5-15(12-24)17(16)8-9-23(13)20(25)10-18-14(11-22)4-3-7-19(18)21/h2-7,13,24H,8-10,12H2,1H3/t13-/m0/s1. The van der Waals surface area contributed by atoms with Gasteiger partial charge in [-0.3, -0.25) is 4.79 Å². The number of nitriles is 1. The molecule has 128 valence electrons. The van der Waals surface area contributed by atoms with Crippen LogP contribution in [0.4, 0.5) is 0 Å². The van der Waals surface area contributed by atoms with Crippen molar-refractivity contribution in [3.63, 3.8) is 0 Å². The van der Waals surface area contributed by atoms with Crippen molar-refractivity contribution in [2.45, 2.75) is 32.4 Å². The van der Waals surface area contributed by atoms with E-state index < -0.39 is 0 Å². The first-order valence-electron chi connectivity index (χ1n) is 8.25. The van der Waals surface area contributed by atoms with Crippen LogP contribution in [0.3, 0.4) is 0 Å². The van der Waals surface area contributed by atoms with E-state index in [1.165, 1.54) is 0 Å². The van der Waals surface area contributed by atoms with Gasteiger partial charge in [0.1, 0.15) is 0 Å². The predicted molar refractivity (Wildman–Crippen MR) is 96.1 cm³/mol. The van der Waals surface area contributed by atoms with Crippen molar-refractivity contribution >= 4 is 17.5 Å². The number of benzene rings is 2. The second kappa shape index (κ2) is 7.26. The van der Waals surface area contributed by atoms with E-state index >= 15 is 0 Å². The van der Waals surface area contributed by atoms with Crippen molar-refractivity contribution in [3.05, 3.63) is 69.2 Å². The average Bonchev–Trinajstić information content (AvgIpc) is 2.63. The maximum atomic E-state index is 12.9. The molecule has 0 unspecified atom stereocenters. The Hall–Kier alpha value is -2.35. The number of halogens is 1. The average molecular weight is 355 g/mol. The molecule has 1 atom stereocenters. The largest absolute Gasteiger partial charge is 0.392 e. The fourth-order valence-electron chi connectivity index (χ4n) is 3.53. The lowest BCUT2D eigenvalue weighted by Gasteiger charge is -2.36. The summed E-state index contributed by atoms with van der Waals surface area (Å²) in [7, 11) is 0. The van der Waals surface area contributed by atoms with Crippen LogP contribution in [-0.4, -0.2) is 22.5 Å². The minimum atomic E-state index is -0.0734. The van der Waals surface area contributed by atoms with E-state index in [-0.39, 0.29) is 25.0 Å². The Morgan fingerprint density at radius 2 is 2.12 bits per heavy atom. The highest BCUT2D eigenvalue weighted by atomic mass is 35.5. The summed E-state index contributed by atoms with van der Waals surface area (Å²) in [5.41, 5.74) is 4.16. The highest BCUT2D eigenvalue weighted by molar-refractivity contribution is 6.31. The monoisotopic (exact) mass is 354 g/mol. The van der Waals surface area contributed by atoms with Gasteiger partial charge in [0.25, 0.3) is 0 Å². The van der Waals surface area contributed by atoms with Crippen LogP contribution in [0.15, 0.2) is 36.4 Å². The Kier molecular flexibility index (Phi) is 5.08. The minimum Gasteiger partial charge on any atom is -0.392 e. The van der Waals surface area contributed by atoms with Gasteiger partial charge in [-0.05, 0) is 47.7 Å². The summed E-state index contributed by atoms with van der Waals surface area (Å²) >= 11 is 6.20. The number of amides is 1. The molecule has 3 rings (SSSR count). The van der Waals surface area contributed by atoms with Crippen molar-refractivity contribution < 1.29 is 9.90 Å². The van der Waals surface area contributed by atoms with E-state index in [9.17, 15) is 15.2 Å². The first-order valence-corrected chi connectivity index (χ1v) is 8.63. The van der Waals surface area contributed by atoms with Gasteiger partial charge in [-0.25, -0.2) is 0 Å². The van der Waals surface area contributed by atoms with E-state index in [4.69, 9.17) is 11.6 Å². The summed E-state index contributed by atoms with van der Waals surface area (Å²) in [6.07, 6.45) is 0.831. The van der Waals surface area contributed by atoms with Gasteiger partial charge < -0.3 is 10.0 Å². The van der Waals surface area contributed by atoms with E-state index in [0.717, 1.165) is 23.1 Å². The molecule has 0 aromatic heterocycles. The fourth-order valence-corrected chi connectivity index (χ4v) is 3.77. The molecule has 2 aromatic carbocycles. The Labute approximate surface area is 152 Å². The number of fused-ring (bicyclic) bond motifs is 1. The van der Waals surface area contributed by atoms with Gasteiger partial charge >= 0.3 is 0 Å². The normalized spacial score (nSPS) is 16.2. The van der Waals surface area contributed by atoms with E-state index in [1.807, 2.05) is 30.0 Å². The Morgan fingerprint density at radius 1 is 1.36 bits per heavy atom. The first-order chi connectivity index (χ1) is 12.1. The molecule has 0 radical (unpaired) electrons. The molecule has 0 fully saturated rings. The van der Waals surface area contributed by atoms with Crippen molar-refractivity contribution in [1.29, 1.82) is 5.26 Å². The summed E-state index contributed by atoms with van der Waals surface area (Å²) in [5, 5.41) is 19.2. The maximum Gasteiger partial charge on any atom is 0.227 e. The van der Waals surface area contributed by atoms with Crippen LogP contribution in [-0.2, 0) is 24.2 Å². The number of hydrogen-bond acceptors (Lipinski definition) is 3. The van der Waals surface area contributed by atoms with Gasteiger partial charge in [-0.2, -0.15) is 5.26 Å². The number of rotatable bonds is 3. The molecule has 2 aromatic rings. The summed E-state index contributed by atoms with van der Waals surface area (Å²) < 4.78 is 0. The van der Waals surface area contributed by atoms with Crippen LogP contribution in [0, 0.1) is 11.3 Å².